The Morgan fingerprint density at radius 1 is 1.44 bits per heavy atom. The maximum atomic E-state index is 6.21. The van der Waals surface area contributed by atoms with E-state index in [1.54, 1.807) is 7.11 Å². The Labute approximate surface area is 98.2 Å². The van der Waals surface area contributed by atoms with Gasteiger partial charge in [-0.15, -0.1) is 0 Å². The summed E-state index contributed by atoms with van der Waals surface area (Å²) in [5, 5.41) is 0.448. The first kappa shape index (κ1) is 10.1. The first-order valence-corrected chi connectivity index (χ1v) is 5.49. The van der Waals surface area contributed by atoms with Crippen molar-refractivity contribution in [3.8, 4) is 17.2 Å². The van der Waals surface area contributed by atoms with Gasteiger partial charge in [-0.1, -0.05) is 11.6 Å². The third-order valence-electron chi connectivity index (χ3n) is 3.09. The van der Waals surface area contributed by atoms with E-state index >= 15 is 0 Å². The van der Waals surface area contributed by atoms with Crippen molar-refractivity contribution in [2.24, 2.45) is 5.73 Å². The van der Waals surface area contributed by atoms with Gasteiger partial charge >= 0.3 is 0 Å². The molecule has 0 radical (unpaired) electrons. The van der Waals surface area contributed by atoms with Crippen LogP contribution in [-0.4, -0.2) is 13.9 Å². The summed E-state index contributed by atoms with van der Waals surface area (Å²) >= 11 is 6.21. The monoisotopic (exact) mass is 241 g/mol. The zero-order valence-electron chi connectivity index (χ0n) is 8.88. The summed E-state index contributed by atoms with van der Waals surface area (Å²) in [4.78, 5) is 0. The lowest BCUT2D eigenvalue weighted by Gasteiger charge is -2.16. The molecule has 0 spiro atoms. The second-order valence-corrected chi connectivity index (χ2v) is 4.54. The number of halogens is 1. The Bertz CT molecular complexity index is 457. The van der Waals surface area contributed by atoms with E-state index in [0.717, 1.165) is 18.4 Å². The lowest BCUT2D eigenvalue weighted by Crippen LogP contribution is -2.19. The number of benzene rings is 1. The van der Waals surface area contributed by atoms with E-state index < -0.39 is 0 Å². The minimum absolute atomic E-state index is 0.194. The first-order valence-electron chi connectivity index (χ1n) is 5.11. The van der Waals surface area contributed by atoms with Crippen LogP contribution in [0.2, 0.25) is 5.02 Å². The van der Waals surface area contributed by atoms with Gasteiger partial charge in [-0.05, 0) is 18.9 Å². The summed E-state index contributed by atoms with van der Waals surface area (Å²) in [5.74, 6) is 1.80. The van der Waals surface area contributed by atoms with E-state index in [1.807, 2.05) is 6.07 Å². The van der Waals surface area contributed by atoms with Crippen LogP contribution in [0.3, 0.4) is 0 Å². The van der Waals surface area contributed by atoms with Gasteiger partial charge in [-0.3, -0.25) is 0 Å². The van der Waals surface area contributed by atoms with Crippen molar-refractivity contribution in [2.75, 3.05) is 13.9 Å². The number of nitrogens with two attached hydrogens (primary N) is 1. The SMILES string of the molecule is COc1c(C2(N)CC2)cc2c(c1Cl)OCO2. The number of methoxy groups -OCH3 is 1. The van der Waals surface area contributed by atoms with Crippen LogP contribution in [0, 0.1) is 0 Å². The lowest BCUT2D eigenvalue weighted by molar-refractivity contribution is 0.174. The number of hydrogen-bond donors (Lipinski definition) is 1. The van der Waals surface area contributed by atoms with Gasteiger partial charge in [0.25, 0.3) is 0 Å². The Kier molecular flexibility index (Phi) is 2.00. The largest absolute Gasteiger partial charge is 0.495 e. The predicted molar refractivity (Wildman–Crippen MR) is 59.2 cm³/mol. The fourth-order valence-corrected chi connectivity index (χ4v) is 2.29. The maximum absolute atomic E-state index is 6.21. The van der Waals surface area contributed by atoms with Crippen LogP contribution in [0.4, 0.5) is 0 Å². The fraction of sp³-hybridized carbons (Fsp3) is 0.455. The van der Waals surface area contributed by atoms with Crippen molar-refractivity contribution >= 4 is 11.6 Å². The number of fused-ring (bicyclic) bond motifs is 1. The van der Waals surface area contributed by atoms with Crippen LogP contribution in [0.25, 0.3) is 0 Å². The molecule has 3 rings (SSSR count). The second kappa shape index (κ2) is 3.18. The molecule has 1 heterocycles. The van der Waals surface area contributed by atoms with Crippen LogP contribution >= 0.6 is 11.6 Å². The molecule has 16 heavy (non-hydrogen) atoms. The molecule has 0 aromatic heterocycles. The topological polar surface area (TPSA) is 53.7 Å². The average Bonchev–Trinajstić information content (AvgIpc) is 2.84. The van der Waals surface area contributed by atoms with E-state index in [-0.39, 0.29) is 12.3 Å². The van der Waals surface area contributed by atoms with Gasteiger partial charge in [0, 0.05) is 11.1 Å². The molecule has 5 heteroatoms. The minimum Gasteiger partial charge on any atom is -0.495 e. The van der Waals surface area contributed by atoms with Gasteiger partial charge < -0.3 is 19.9 Å². The molecule has 0 amide bonds. The van der Waals surface area contributed by atoms with Crippen LogP contribution in [0.5, 0.6) is 17.2 Å². The van der Waals surface area contributed by atoms with Crippen molar-refractivity contribution in [1.82, 2.24) is 0 Å². The predicted octanol–water partition coefficient (Wildman–Crippen LogP) is 2.03. The summed E-state index contributed by atoms with van der Waals surface area (Å²) in [7, 11) is 1.58. The van der Waals surface area contributed by atoms with Crippen LogP contribution in [0.15, 0.2) is 6.07 Å². The summed E-state index contributed by atoms with van der Waals surface area (Å²) in [5.41, 5.74) is 6.77. The Morgan fingerprint density at radius 2 is 2.19 bits per heavy atom. The number of ether oxygens (including phenoxy) is 3. The summed E-state index contributed by atoms with van der Waals surface area (Å²) in [6, 6.07) is 1.88. The van der Waals surface area contributed by atoms with Crippen molar-refractivity contribution in [1.29, 1.82) is 0 Å². The van der Waals surface area contributed by atoms with Gasteiger partial charge in [0.15, 0.2) is 11.5 Å². The van der Waals surface area contributed by atoms with Crippen molar-refractivity contribution in [3.05, 3.63) is 16.7 Å². The first-order chi connectivity index (χ1) is 7.65. The van der Waals surface area contributed by atoms with E-state index in [1.165, 1.54) is 0 Å². The van der Waals surface area contributed by atoms with Gasteiger partial charge in [0.1, 0.15) is 10.8 Å². The summed E-state index contributed by atoms with van der Waals surface area (Å²) in [6.07, 6.45) is 1.89. The molecule has 2 aliphatic rings. The Morgan fingerprint density at radius 3 is 2.81 bits per heavy atom. The highest BCUT2D eigenvalue weighted by molar-refractivity contribution is 6.34. The molecule has 1 fully saturated rings. The molecule has 2 N–H and O–H groups in total. The molecule has 0 atom stereocenters. The quantitative estimate of drug-likeness (QED) is 0.861. The van der Waals surface area contributed by atoms with Gasteiger partial charge in [-0.2, -0.15) is 0 Å². The normalized spacial score (nSPS) is 19.7. The van der Waals surface area contributed by atoms with Crippen molar-refractivity contribution in [3.63, 3.8) is 0 Å². The number of rotatable bonds is 2. The zero-order valence-corrected chi connectivity index (χ0v) is 9.63. The van der Waals surface area contributed by atoms with Gasteiger partial charge in [0.2, 0.25) is 6.79 Å². The van der Waals surface area contributed by atoms with Crippen molar-refractivity contribution < 1.29 is 14.2 Å². The van der Waals surface area contributed by atoms with Crippen LogP contribution in [0.1, 0.15) is 18.4 Å². The smallest absolute Gasteiger partial charge is 0.231 e. The lowest BCUT2D eigenvalue weighted by atomic mass is 10.0. The summed E-state index contributed by atoms with van der Waals surface area (Å²) < 4.78 is 15.9. The highest BCUT2D eigenvalue weighted by Crippen LogP contribution is 2.54. The molecule has 1 aliphatic heterocycles. The van der Waals surface area contributed by atoms with Crippen LogP contribution < -0.4 is 19.9 Å². The molecule has 0 saturated heterocycles. The third kappa shape index (κ3) is 1.26. The van der Waals surface area contributed by atoms with E-state index in [4.69, 9.17) is 31.5 Å². The van der Waals surface area contributed by atoms with Gasteiger partial charge in [-0.25, -0.2) is 0 Å². The molecular weight excluding hydrogens is 230 g/mol. The maximum Gasteiger partial charge on any atom is 0.231 e. The summed E-state index contributed by atoms with van der Waals surface area (Å²) in [6.45, 7) is 0.194. The third-order valence-corrected chi connectivity index (χ3v) is 3.43. The van der Waals surface area contributed by atoms with E-state index in [2.05, 4.69) is 0 Å². The fourth-order valence-electron chi connectivity index (χ4n) is 1.96. The molecule has 86 valence electrons. The second-order valence-electron chi connectivity index (χ2n) is 4.16. The Balaban J connectivity index is 2.21. The minimum atomic E-state index is -0.310. The van der Waals surface area contributed by atoms with Gasteiger partial charge in [0.05, 0.1) is 7.11 Å². The molecule has 4 nitrogen and oxygen atoms in total. The Hall–Kier alpha value is -1.13. The van der Waals surface area contributed by atoms with Crippen molar-refractivity contribution in [2.45, 2.75) is 18.4 Å². The van der Waals surface area contributed by atoms with E-state index in [0.29, 0.717) is 22.3 Å². The molecule has 0 bridgehead atoms. The zero-order chi connectivity index (χ0) is 11.3. The molecule has 1 aromatic carbocycles. The van der Waals surface area contributed by atoms with Crippen LogP contribution in [-0.2, 0) is 5.54 Å². The van der Waals surface area contributed by atoms with E-state index in [9.17, 15) is 0 Å². The highest BCUT2D eigenvalue weighted by Gasteiger charge is 2.44. The molecule has 1 saturated carbocycles. The average molecular weight is 242 g/mol. The molecule has 1 aliphatic carbocycles. The molecule has 1 aromatic rings. The number of hydrogen-bond acceptors (Lipinski definition) is 4. The standard InChI is InChI=1S/C11H12ClNO3/c1-14-9-6(11(13)2-3-11)4-7-10(8(9)12)16-5-15-7/h4H,2-3,5,13H2,1H3. The molecule has 0 unspecified atom stereocenters. The molecular formula is C11H12ClNO3. The highest BCUT2D eigenvalue weighted by atomic mass is 35.5.